The van der Waals surface area contributed by atoms with Crippen LogP contribution in [0.15, 0.2) is 24.3 Å². The fourth-order valence-corrected chi connectivity index (χ4v) is 2.20. The van der Waals surface area contributed by atoms with E-state index < -0.39 is 0 Å². The molecule has 0 unspecified atom stereocenters. The van der Waals surface area contributed by atoms with Gasteiger partial charge in [0.1, 0.15) is 0 Å². The highest BCUT2D eigenvalue weighted by Gasteiger charge is 2.09. The molecule has 0 aliphatic carbocycles. The Bertz CT molecular complexity index is 318. The van der Waals surface area contributed by atoms with Gasteiger partial charge in [-0.25, -0.2) is 0 Å². The van der Waals surface area contributed by atoms with Gasteiger partial charge < -0.3 is 4.74 Å². The van der Waals surface area contributed by atoms with Crippen LogP contribution in [0, 0.1) is 6.92 Å². The van der Waals surface area contributed by atoms with E-state index in [4.69, 9.17) is 4.74 Å². The first-order chi connectivity index (χ1) is 7.84. The molecule has 1 aliphatic heterocycles. The monoisotopic (exact) mass is 219 g/mol. The van der Waals surface area contributed by atoms with Gasteiger partial charge in [0.05, 0.1) is 13.2 Å². The third-order valence-corrected chi connectivity index (χ3v) is 3.13. The number of nitrogens with zero attached hydrogens (tertiary/aromatic N) is 1. The van der Waals surface area contributed by atoms with Gasteiger partial charge in [0.2, 0.25) is 0 Å². The molecule has 0 aromatic heterocycles. The second kappa shape index (κ2) is 6.02. The van der Waals surface area contributed by atoms with Gasteiger partial charge in [-0.05, 0) is 31.9 Å². The van der Waals surface area contributed by atoms with Crippen LogP contribution in [0.3, 0.4) is 0 Å². The molecule has 0 atom stereocenters. The highest BCUT2D eigenvalue weighted by molar-refractivity contribution is 5.22. The largest absolute Gasteiger partial charge is 0.379 e. The van der Waals surface area contributed by atoms with Gasteiger partial charge in [-0.1, -0.05) is 29.8 Å². The molecule has 2 rings (SSSR count). The van der Waals surface area contributed by atoms with Crippen LogP contribution >= 0.6 is 0 Å². The van der Waals surface area contributed by atoms with Crippen molar-refractivity contribution in [2.24, 2.45) is 0 Å². The number of morpholine rings is 1. The van der Waals surface area contributed by atoms with Gasteiger partial charge in [-0.3, -0.25) is 4.90 Å². The topological polar surface area (TPSA) is 12.5 Å². The molecule has 0 N–H and O–H groups in total. The van der Waals surface area contributed by atoms with E-state index in [-0.39, 0.29) is 0 Å². The number of rotatable bonds is 4. The van der Waals surface area contributed by atoms with Crippen molar-refractivity contribution in [3.8, 4) is 0 Å². The number of benzene rings is 1. The van der Waals surface area contributed by atoms with Gasteiger partial charge in [0, 0.05) is 13.1 Å². The van der Waals surface area contributed by atoms with Crippen LogP contribution in [0.1, 0.15) is 17.5 Å². The lowest BCUT2D eigenvalue weighted by molar-refractivity contribution is 0.0375. The van der Waals surface area contributed by atoms with Crippen LogP contribution in [0.5, 0.6) is 0 Å². The molecule has 1 heterocycles. The van der Waals surface area contributed by atoms with E-state index in [1.165, 1.54) is 30.5 Å². The molecule has 0 bridgehead atoms. The van der Waals surface area contributed by atoms with Crippen molar-refractivity contribution < 1.29 is 4.74 Å². The Hall–Kier alpha value is -0.860. The third-order valence-electron chi connectivity index (χ3n) is 3.13. The lowest BCUT2D eigenvalue weighted by Crippen LogP contribution is -2.36. The van der Waals surface area contributed by atoms with Crippen LogP contribution in [0.25, 0.3) is 0 Å². The average Bonchev–Trinajstić information content (AvgIpc) is 2.30. The van der Waals surface area contributed by atoms with Crippen LogP contribution in [0.4, 0.5) is 0 Å². The predicted octanol–water partition coefficient (Wildman–Crippen LogP) is 2.26. The van der Waals surface area contributed by atoms with Crippen molar-refractivity contribution >= 4 is 0 Å². The Balaban J connectivity index is 1.71. The first-order valence-electron chi connectivity index (χ1n) is 6.20. The number of aryl methyl sites for hydroxylation is 2. The summed E-state index contributed by atoms with van der Waals surface area (Å²) in [6, 6.07) is 8.83. The second-order valence-corrected chi connectivity index (χ2v) is 4.55. The summed E-state index contributed by atoms with van der Waals surface area (Å²) in [6.07, 6.45) is 2.45. The van der Waals surface area contributed by atoms with E-state index in [0.29, 0.717) is 0 Å². The summed E-state index contributed by atoms with van der Waals surface area (Å²) in [5.74, 6) is 0. The van der Waals surface area contributed by atoms with Crippen molar-refractivity contribution in [3.05, 3.63) is 35.4 Å². The zero-order chi connectivity index (χ0) is 11.2. The van der Waals surface area contributed by atoms with Crippen LogP contribution in [0.2, 0.25) is 0 Å². The molecule has 0 amide bonds. The Morgan fingerprint density at radius 2 is 2.06 bits per heavy atom. The fourth-order valence-electron chi connectivity index (χ4n) is 2.20. The van der Waals surface area contributed by atoms with E-state index in [2.05, 4.69) is 36.1 Å². The Morgan fingerprint density at radius 1 is 1.25 bits per heavy atom. The SMILES string of the molecule is Cc1cccc(CCCN2CCOCC2)c1. The van der Waals surface area contributed by atoms with E-state index >= 15 is 0 Å². The molecular formula is C14H21NO. The molecule has 1 fully saturated rings. The molecule has 88 valence electrons. The Labute approximate surface area is 98.2 Å². The minimum absolute atomic E-state index is 0.907. The lowest BCUT2D eigenvalue weighted by Gasteiger charge is -2.26. The normalized spacial score (nSPS) is 17.6. The minimum Gasteiger partial charge on any atom is -0.379 e. The Kier molecular flexibility index (Phi) is 4.37. The second-order valence-electron chi connectivity index (χ2n) is 4.55. The fraction of sp³-hybridized carbons (Fsp3) is 0.571. The van der Waals surface area contributed by atoms with E-state index in [0.717, 1.165) is 26.3 Å². The molecule has 16 heavy (non-hydrogen) atoms. The van der Waals surface area contributed by atoms with Crippen LogP contribution < -0.4 is 0 Å². The molecule has 1 saturated heterocycles. The summed E-state index contributed by atoms with van der Waals surface area (Å²) in [5.41, 5.74) is 2.83. The summed E-state index contributed by atoms with van der Waals surface area (Å²) >= 11 is 0. The van der Waals surface area contributed by atoms with Gasteiger partial charge in [-0.15, -0.1) is 0 Å². The molecule has 1 aromatic rings. The van der Waals surface area contributed by atoms with Crippen LogP contribution in [-0.2, 0) is 11.2 Å². The number of hydrogen-bond donors (Lipinski definition) is 0. The van der Waals surface area contributed by atoms with E-state index in [9.17, 15) is 0 Å². The van der Waals surface area contributed by atoms with Gasteiger partial charge >= 0.3 is 0 Å². The van der Waals surface area contributed by atoms with Crippen molar-refractivity contribution in [1.29, 1.82) is 0 Å². The summed E-state index contributed by atoms with van der Waals surface area (Å²) in [6.45, 7) is 7.39. The molecule has 1 aliphatic rings. The average molecular weight is 219 g/mol. The first-order valence-corrected chi connectivity index (χ1v) is 6.20. The number of hydrogen-bond acceptors (Lipinski definition) is 2. The zero-order valence-electron chi connectivity index (χ0n) is 10.1. The molecule has 1 aromatic carbocycles. The van der Waals surface area contributed by atoms with E-state index in [1.54, 1.807) is 0 Å². The molecule has 0 saturated carbocycles. The van der Waals surface area contributed by atoms with Crippen LogP contribution in [-0.4, -0.2) is 37.7 Å². The maximum absolute atomic E-state index is 5.34. The quantitative estimate of drug-likeness (QED) is 0.770. The summed E-state index contributed by atoms with van der Waals surface area (Å²) in [7, 11) is 0. The number of ether oxygens (including phenoxy) is 1. The molecule has 2 nitrogen and oxygen atoms in total. The first kappa shape index (κ1) is 11.6. The predicted molar refractivity (Wildman–Crippen MR) is 66.8 cm³/mol. The highest BCUT2D eigenvalue weighted by Crippen LogP contribution is 2.07. The lowest BCUT2D eigenvalue weighted by atomic mass is 10.1. The van der Waals surface area contributed by atoms with Crippen molar-refractivity contribution in [2.45, 2.75) is 19.8 Å². The van der Waals surface area contributed by atoms with Gasteiger partial charge in [-0.2, -0.15) is 0 Å². The molecule has 0 spiro atoms. The van der Waals surface area contributed by atoms with Gasteiger partial charge in [0.15, 0.2) is 0 Å². The highest BCUT2D eigenvalue weighted by atomic mass is 16.5. The van der Waals surface area contributed by atoms with Crippen molar-refractivity contribution in [3.63, 3.8) is 0 Å². The summed E-state index contributed by atoms with van der Waals surface area (Å²) < 4.78 is 5.34. The van der Waals surface area contributed by atoms with Crippen molar-refractivity contribution in [2.75, 3.05) is 32.8 Å². The molecule has 0 radical (unpaired) electrons. The third kappa shape index (κ3) is 3.62. The van der Waals surface area contributed by atoms with Gasteiger partial charge in [0.25, 0.3) is 0 Å². The Morgan fingerprint density at radius 3 is 2.81 bits per heavy atom. The maximum Gasteiger partial charge on any atom is 0.0594 e. The minimum atomic E-state index is 0.907. The maximum atomic E-state index is 5.34. The smallest absolute Gasteiger partial charge is 0.0594 e. The van der Waals surface area contributed by atoms with E-state index in [1.807, 2.05) is 0 Å². The summed E-state index contributed by atoms with van der Waals surface area (Å²) in [5, 5.41) is 0. The van der Waals surface area contributed by atoms with Crippen molar-refractivity contribution in [1.82, 2.24) is 4.90 Å². The molecular weight excluding hydrogens is 198 g/mol. The summed E-state index contributed by atoms with van der Waals surface area (Å²) in [4.78, 5) is 2.50. The molecule has 2 heteroatoms. The standard InChI is InChI=1S/C14H21NO/c1-13-4-2-5-14(12-13)6-3-7-15-8-10-16-11-9-15/h2,4-5,12H,3,6-11H2,1H3. The zero-order valence-corrected chi connectivity index (χ0v) is 10.1.